The SMILES string of the molecule is CCc1c(N=CN(C)C)c(C(F)F)nc(C(F)(F)F)c1C(=O)O. The molecule has 0 aliphatic rings. The van der Waals surface area contributed by atoms with Gasteiger partial charge in [0, 0.05) is 14.1 Å². The molecule has 128 valence electrons. The van der Waals surface area contributed by atoms with Gasteiger partial charge in [0.25, 0.3) is 6.43 Å². The Morgan fingerprint density at radius 3 is 2.30 bits per heavy atom. The van der Waals surface area contributed by atoms with Crippen molar-refractivity contribution in [2.45, 2.75) is 25.9 Å². The lowest BCUT2D eigenvalue weighted by Crippen LogP contribution is -2.20. The van der Waals surface area contributed by atoms with Crippen LogP contribution in [0.5, 0.6) is 0 Å². The van der Waals surface area contributed by atoms with Crippen LogP contribution in [0.1, 0.15) is 40.7 Å². The fourth-order valence-electron chi connectivity index (χ4n) is 1.89. The van der Waals surface area contributed by atoms with Gasteiger partial charge in [-0.25, -0.2) is 23.6 Å². The molecule has 0 spiro atoms. The number of nitrogens with zero attached hydrogens (tertiary/aromatic N) is 3. The van der Waals surface area contributed by atoms with Gasteiger partial charge in [-0.3, -0.25) is 0 Å². The first-order chi connectivity index (χ1) is 10.5. The summed E-state index contributed by atoms with van der Waals surface area (Å²) in [7, 11) is 3.04. The van der Waals surface area contributed by atoms with E-state index in [0.29, 0.717) is 0 Å². The fourth-order valence-corrected chi connectivity index (χ4v) is 1.89. The summed E-state index contributed by atoms with van der Waals surface area (Å²) in [6.45, 7) is 1.35. The number of pyridine rings is 1. The zero-order chi connectivity index (χ0) is 17.9. The van der Waals surface area contributed by atoms with Crippen molar-refractivity contribution in [2.24, 2.45) is 4.99 Å². The smallest absolute Gasteiger partial charge is 0.434 e. The molecular weight excluding hydrogens is 325 g/mol. The van der Waals surface area contributed by atoms with Crippen molar-refractivity contribution in [3.63, 3.8) is 0 Å². The van der Waals surface area contributed by atoms with Gasteiger partial charge >= 0.3 is 12.1 Å². The molecule has 0 saturated heterocycles. The Morgan fingerprint density at radius 2 is 1.96 bits per heavy atom. The molecular formula is C13H14F5N3O2. The fraction of sp³-hybridized carbons (Fsp3) is 0.462. The van der Waals surface area contributed by atoms with Crippen molar-refractivity contribution < 1.29 is 31.9 Å². The highest BCUT2D eigenvalue weighted by atomic mass is 19.4. The highest BCUT2D eigenvalue weighted by Gasteiger charge is 2.41. The third-order valence-corrected chi connectivity index (χ3v) is 2.76. The standard InChI is InChI=1S/C13H14F5N3O2/c1-4-6-7(12(22)23)10(13(16,17)18)20-9(11(14)15)8(6)19-5-21(2)3/h5,11H,4H2,1-3H3,(H,22,23). The number of aliphatic imine (C=N–C) groups is 1. The number of aromatic carboxylic acids is 1. The summed E-state index contributed by atoms with van der Waals surface area (Å²) in [5.74, 6) is -1.90. The van der Waals surface area contributed by atoms with Crippen molar-refractivity contribution >= 4 is 18.0 Å². The Morgan fingerprint density at radius 1 is 1.39 bits per heavy atom. The first-order valence-electron chi connectivity index (χ1n) is 6.36. The maximum Gasteiger partial charge on any atom is 0.434 e. The van der Waals surface area contributed by atoms with Gasteiger partial charge in [0.2, 0.25) is 0 Å². The van der Waals surface area contributed by atoms with E-state index in [2.05, 4.69) is 9.98 Å². The molecule has 1 heterocycles. The number of aromatic nitrogens is 1. The number of rotatable bonds is 5. The summed E-state index contributed by atoms with van der Waals surface area (Å²) in [6, 6.07) is 0. The van der Waals surface area contributed by atoms with Gasteiger partial charge in [0.05, 0.1) is 17.6 Å². The van der Waals surface area contributed by atoms with E-state index in [1.54, 1.807) is 0 Å². The molecule has 0 bridgehead atoms. The minimum Gasteiger partial charge on any atom is -0.478 e. The van der Waals surface area contributed by atoms with Gasteiger partial charge < -0.3 is 10.0 Å². The van der Waals surface area contributed by atoms with Gasteiger partial charge in [-0.05, 0) is 12.0 Å². The van der Waals surface area contributed by atoms with E-state index in [0.717, 1.165) is 6.34 Å². The van der Waals surface area contributed by atoms with E-state index < -0.39 is 46.8 Å². The number of alkyl halides is 5. The third-order valence-electron chi connectivity index (χ3n) is 2.76. The summed E-state index contributed by atoms with van der Waals surface area (Å²) in [6.07, 6.45) is -7.66. The second-order valence-corrected chi connectivity index (χ2v) is 4.71. The number of carbonyl (C=O) groups is 1. The van der Waals surface area contributed by atoms with Gasteiger partial charge in [-0.15, -0.1) is 0 Å². The van der Waals surface area contributed by atoms with E-state index in [1.807, 2.05) is 0 Å². The second-order valence-electron chi connectivity index (χ2n) is 4.71. The molecule has 1 rings (SSSR count). The molecule has 0 fully saturated rings. The Balaban J connectivity index is 3.88. The van der Waals surface area contributed by atoms with Crippen LogP contribution >= 0.6 is 0 Å². The maximum absolute atomic E-state index is 13.1. The quantitative estimate of drug-likeness (QED) is 0.506. The summed E-state index contributed by atoms with van der Waals surface area (Å²) < 4.78 is 65.2. The molecule has 10 heteroatoms. The van der Waals surface area contributed by atoms with Crippen LogP contribution in [-0.4, -0.2) is 41.4 Å². The highest BCUT2D eigenvalue weighted by molar-refractivity contribution is 5.93. The molecule has 1 N–H and O–H groups in total. The molecule has 0 unspecified atom stereocenters. The summed E-state index contributed by atoms with van der Waals surface area (Å²) in [5.41, 5.74) is -5.19. The highest BCUT2D eigenvalue weighted by Crippen LogP contribution is 2.40. The van der Waals surface area contributed by atoms with Crippen LogP contribution in [0.4, 0.5) is 27.6 Å². The Labute approximate surface area is 128 Å². The lowest BCUT2D eigenvalue weighted by molar-refractivity contribution is -0.142. The lowest BCUT2D eigenvalue weighted by atomic mass is 9.99. The minimum atomic E-state index is -5.18. The molecule has 23 heavy (non-hydrogen) atoms. The second kappa shape index (κ2) is 6.88. The molecule has 0 saturated carbocycles. The largest absolute Gasteiger partial charge is 0.478 e. The molecule has 1 aromatic heterocycles. The normalized spacial score (nSPS) is 12.2. The lowest BCUT2D eigenvalue weighted by Gasteiger charge is -2.18. The minimum absolute atomic E-state index is 0.229. The van der Waals surface area contributed by atoms with Gasteiger partial charge in [0.1, 0.15) is 5.69 Å². The van der Waals surface area contributed by atoms with E-state index in [-0.39, 0.29) is 6.42 Å². The Bertz CT molecular complexity index is 627. The molecule has 5 nitrogen and oxygen atoms in total. The van der Waals surface area contributed by atoms with Crippen molar-refractivity contribution in [1.82, 2.24) is 9.88 Å². The zero-order valence-corrected chi connectivity index (χ0v) is 12.4. The van der Waals surface area contributed by atoms with E-state index >= 15 is 0 Å². The molecule has 0 atom stereocenters. The predicted octanol–water partition coefficient (Wildman–Crippen LogP) is 3.52. The summed E-state index contributed by atoms with van der Waals surface area (Å²) in [5, 5.41) is 9.08. The molecule has 0 aliphatic heterocycles. The third kappa shape index (κ3) is 4.14. The summed E-state index contributed by atoms with van der Waals surface area (Å²) >= 11 is 0. The predicted molar refractivity (Wildman–Crippen MR) is 72.4 cm³/mol. The molecule has 1 aromatic rings. The van der Waals surface area contributed by atoms with Gasteiger partial charge in [-0.1, -0.05) is 6.92 Å². The first kappa shape index (κ1) is 18.8. The van der Waals surface area contributed by atoms with E-state index in [1.165, 1.54) is 25.9 Å². The molecule has 0 aliphatic carbocycles. The number of carboxylic acid groups (broad SMARTS) is 1. The van der Waals surface area contributed by atoms with Gasteiger partial charge in [-0.2, -0.15) is 13.2 Å². The number of hydrogen-bond acceptors (Lipinski definition) is 3. The van der Waals surface area contributed by atoms with Crippen molar-refractivity contribution in [1.29, 1.82) is 0 Å². The van der Waals surface area contributed by atoms with Crippen LogP contribution in [0.15, 0.2) is 4.99 Å². The first-order valence-corrected chi connectivity index (χ1v) is 6.36. The zero-order valence-electron chi connectivity index (χ0n) is 12.4. The van der Waals surface area contributed by atoms with Crippen LogP contribution in [-0.2, 0) is 12.6 Å². The Hall–Kier alpha value is -2.26. The molecule has 0 radical (unpaired) electrons. The number of carboxylic acids is 1. The average Bonchev–Trinajstić information content (AvgIpc) is 2.41. The van der Waals surface area contributed by atoms with Crippen LogP contribution in [0, 0.1) is 0 Å². The number of halogens is 5. The van der Waals surface area contributed by atoms with Crippen molar-refractivity contribution in [3.8, 4) is 0 Å². The average molecular weight is 339 g/mol. The van der Waals surface area contributed by atoms with Gasteiger partial charge in [0.15, 0.2) is 5.69 Å². The monoisotopic (exact) mass is 339 g/mol. The van der Waals surface area contributed by atoms with Crippen molar-refractivity contribution in [2.75, 3.05) is 14.1 Å². The summed E-state index contributed by atoms with van der Waals surface area (Å²) in [4.78, 5) is 19.2. The van der Waals surface area contributed by atoms with E-state index in [4.69, 9.17) is 5.11 Å². The van der Waals surface area contributed by atoms with Crippen LogP contribution in [0.3, 0.4) is 0 Å². The topological polar surface area (TPSA) is 65.8 Å². The maximum atomic E-state index is 13.1. The van der Waals surface area contributed by atoms with Crippen molar-refractivity contribution in [3.05, 3.63) is 22.5 Å². The van der Waals surface area contributed by atoms with Crippen LogP contribution in [0.25, 0.3) is 0 Å². The number of hydrogen-bond donors (Lipinski definition) is 1. The van der Waals surface area contributed by atoms with Crippen LogP contribution in [0.2, 0.25) is 0 Å². The van der Waals surface area contributed by atoms with Crippen LogP contribution < -0.4 is 0 Å². The Kier molecular flexibility index (Phi) is 5.62. The molecule has 0 amide bonds. The van der Waals surface area contributed by atoms with E-state index in [9.17, 15) is 26.7 Å². The molecule has 0 aromatic carbocycles.